The number of hydrogen-bond donors (Lipinski definition) is 1. The number of nitrogens with zero attached hydrogens (tertiary/aromatic N) is 3. The largest absolute Gasteiger partial charge is 0.340 e. The molecule has 0 saturated heterocycles. The van der Waals surface area contributed by atoms with Crippen LogP contribution >= 0.6 is 0 Å². The molecule has 0 unspecified atom stereocenters. The van der Waals surface area contributed by atoms with Crippen molar-refractivity contribution in [3.8, 4) is 6.07 Å². The van der Waals surface area contributed by atoms with Crippen molar-refractivity contribution < 1.29 is 4.79 Å². The number of benzene rings is 1. The number of carbonyl (C=O) groups is 1. The van der Waals surface area contributed by atoms with Crippen LogP contribution < -0.4 is 10.2 Å². The summed E-state index contributed by atoms with van der Waals surface area (Å²) < 4.78 is 0. The van der Waals surface area contributed by atoms with Crippen LogP contribution in [-0.4, -0.2) is 17.9 Å². The first-order chi connectivity index (χ1) is 9.60. The number of rotatable bonds is 3. The number of hydrogen-bond acceptors (Lipinski definition) is 4. The fourth-order valence-electron chi connectivity index (χ4n) is 1.66. The van der Waals surface area contributed by atoms with Gasteiger partial charge in [0, 0.05) is 25.3 Å². The van der Waals surface area contributed by atoms with E-state index >= 15 is 0 Å². The highest BCUT2D eigenvalue weighted by molar-refractivity contribution is 5.91. The summed E-state index contributed by atoms with van der Waals surface area (Å²) in [5.74, 6) is 0.589. The van der Waals surface area contributed by atoms with E-state index in [0.717, 1.165) is 11.4 Å². The van der Waals surface area contributed by atoms with Crippen molar-refractivity contribution in [3.05, 3.63) is 48.2 Å². The average Bonchev–Trinajstić information content (AvgIpc) is 2.47. The summed E-state index contributed by atoms with van der Waals surface area (Å²) in [6.07, 6.45) is 0. The first-order valence-electron chi connectivity index (χ1n) is 6.08. The van der Waals surface area contributed by atoms with Gasteiger partial charge in [-0.3, -0.25) is 4.79 Å². The van der Waals surface area contributed by atoms with Crippen LogP contribution in [0.25, 0.3) is 0 Å². The lowest BCUT2D eigenvalue weighted by atomic mass is 10.2. The second-order valence-electron chi connectivity index (χ2n) is 4.27. The Morgan fingerprint density at radius 3 is 2.55 bits per heavy atom. The van der Waals surface area contributed by atoms with Crippen LogP contribution in [0.3, 0.4) is 0 Å². The van der Waals surface area contributed by atoms with Crippen molar-refractivity contribution >= 4 is 23.1 Å². The molecule has 0 saturated carbocycles. The maximum absolute atomic E-state index is 11.3. The van der Waals surface area contributed by atoms with Gasteiger partial charge in [0.15, 0.2) is 0 Å². The monoisotopic (exact) mass is 266 g/mol. The van der Waals surface area contributed by atoms with E-state index in [0.29, 0.717) is 11.5 Å². The highest BCUT2D eigenvalue weighted by Gasteiger charge is 2.05. The molecule has 1 aromatic heterocycles. The molecule has 0 aliphatic rings. The van der Waals surface area contributed by atoms with Crippen molar-refractivity contribution in [1.82, 2.24) is 4.98 Å². The van der Waals surface area contributed by atoms with E-state index in [1.165, 1.54) is 6.92 Å². The molecule has 0 fully saturated rings. The summed E-state index contributed by atoms with van der Waals surface area (Å²) in [6, 6.07) is 14.6. The van der Waals surface area contributed by atoms with Gasteiger partial charge in [-0.2, -0.15) is 5.26 Å². The Bertz CT molecular complexity index is 658. The molecule has 5 nitrogen and oxygen atoms in total. The lowest BCUT2D eigenvalue weighted by Crippen LogP contribution is -2.22. The zero-order chi connectivity index (χ0) is 14.5. The molecule has 5 heteroatoms. The SMILES string of the molecule is CC(=O)N(C)c1ccc(Nc2cccc(C#N)n2)cc1. The van der Waals surface area contributed by atoms with Crippen LogP contribution in [0.2, 0.25) is 0 Å². The van der Waals surface area contributed by atoms with Crippen LogP contribution in [0, 0.1) is 11.3 Å². The Hall–Kier alpha value is -2.87. The van der Waals surface area contributed by atoms with Crippen molar-refractivity contribution in [2.24, 2.45) is 0 Å². The predicted molar refractivity (Wildman–Crippen MR) is 77.8 cm³/mol. The van der Waals surface area contributed by atoms with E-state index in [1.807, 2.05) is 30.3 Å². The standard InChI is InChI=1S/C15H14N4O/c1-11(20)19(2)14-8-6-12(7-9-14)17-15-5-3-4-13(10-16)18-15/h3-9H,1-2H3,(H,17,18). The average molecular weight is 266 g/mol. The van der Waals surface area contributed by atoms with Crippen molar-refractivity contribution in [2.45, 2.75) is 6.92 Å². The third-order valence-electron chi connectivity index (χ3n) is 2.86. The zero-order valence-electron chi connectivity index (χ0n) is 11.3. The van der Waals surface area contributed by atoms with Crippen molar-refractivity contribution in [1.29, 1.82) is 5.26 Å². The Labute approximate surface area is 117 Å². The molecule has 20 heavy (non-hydrogen) atoms. The molecule has 1 heterocycles. The molecule has 1 N–H and O–H groups in total. The van der Waals surface area contributed by atoms with Crippen molar-refractivity contribution in [2.75, 3.05) is 17.3 Å². The minimum absolute atomic E-state index is 0.0194. The van der Waals surface area contributed by atoms with Gasteiger partial charge in [-0.1, -0.05) is 6.07 Å². The van der Waals surface area contributed by atoms with Crippen LogP contribution in [0.4, 0.5) is 17.2 Å². The first kappa shape index (κ1) is 13.6. The molecule has 0 atom stereocenters. The molecule has 2 aromatic rings. The van der Waals surface area contributed by atoms with Gasteiger partial charge in [-0.15, -0.1) is 0 Å². The number of anilines is 3. The lowest BCUT2D eigenvalue weighted by Gasteiger charge is -2.15. The van der Waals surface area contributed by atoms with Gasteiger partial charge >= 0.3 is 0 Å². The maximum Gasteiger partial charge on any atom is 0.223 e. The normalized spacial score (nSPS) is 9.65. The van der Waals surface area contributed by atoms with Gasteiger partial charge in [0.2, 0.25) is 5.91 Å². The molecular formula is C15H14N4O. The van der Waals surface area contributed by atoms with Gasteiger partial charge in [-0.25, -0.2) is 4.98 Å². The molecule has 0 bridgehead atoms. The smallest absolute Gasteiger partial charge is 0.223 e. The van der Waals surface area contributed by atoms with E-state index in [9.17, 15) is 4.79 Å². The summed E-state index contributed by atoms with van der Waals surface area (Å²) in [6.45, 7) is 1.52. The molecule has 100 valence electrons. The van der Waals surface area contributed by atoms with E-state index in [4.69, 9.17) is 5.26 Å². The van der Waals surface area contributed by atoms with Crippen LogP contribution in [0.15, 0.2) is 42.5 Å². The Balaban J connectivity index is 2.15. The van der Waals surface area contributed by atoms with E-state index < -0.39 is 0 Å². The highest BCUT2D eigenvalue weighted by Crippen LogP contribution is 2.19. The van der Waals surface area contributed by atoms with E-state index in [1.54, 1.807) is 30.1 Å². The molecule has 0 aliphatic carbocycles. The number of carbonyl (C=O) groups excluding carboxylic acids is 1. The van der Waals surface area contributed by atoms with Crippen LogP contribution in [0.1, 0.15) is 12.6 Å². The Morgan fingerprint density at radius 1 is 1.25 bits per heavy atom. The molecule has 1 aromatic carbocycles. The summed E-state index contributed by atoms with van der Waals surface area (Å²) in [5, 5.41) is 11.9. The second-order valence-corrected chi connectivity index (χ2v) is 4.27. The fraction of sp³-hybridized carbons (Fsp3) is 0.133. The van der Waals surface area contributed by atoms with Crippen LogP contribution in [0.5, 0.6) is 0 Å². The fourth-order valence-corrected chi connectivity index (χ4v) is 1.66. The minimum Gasteiger partial charge on any atom is -0.340 e. The topological polar surface area (TPSA) is 69.0 Å². The molecule has 1 amide bonds. The third-order valence-corrected chi connectivity index (χ3v) is 2.86. The zero-order valence-corrected chi connectivity index (χ0v) is 11.3. The first-order valence-corrected chi connectivity index (χ1v) is 6.08. The molecule has 0 spiro atoms. The lowest BCUT2D eigenvalue weighted by molar-refractivity contribution is -0.116. The van der Waals surface area contributed by atoms with E-state index in [2.05, 4.69) is 10.3 Å². The summed E-state index contributed by atoms with van der Waals surface area (Å²) in [4.78, 5) is 17.0. The van der Waals surface area contributed by atoms with Gasteiger partial charge in [0.05, 0.1) is 0 Å². The molecule has 2 rings (SSSR count). The van der Waals surface area contributed by atoms with Gasteiger partial charge < -0.3 is 10.2 Å². The quantitative estimate of drug-likeness (QED) is 0.927. The number of pyridine rings is 1. The number of nitrogens with one attached hydrogen (secondary N) is 1. The number of aromatic nitrogens is 1. The van der Waals surface area contributed by atoms with Gasteiger partial charge in [0.1, 0.15) is 17.6 Å². The van der Waals surface area contributed by atoms with E-state index in [-0.39, 0.29) is 5.91 Å². The Kier molecular flexibility index (Phi) is 3.96. The highest BCUT2D eigenvalue weighted by atomic mass is 16.2. The van der Waals surface area contributed by atoms with Gasteiger partial charge in [-0.05, 0) is 36.4 Å². The number of nitriles is 1. The predicted octanol–water partition coefficient (Wildman–Crippen LogP) is 2.68. The summed E-state index contributed by atoms with van der Waals surface area (Å²) in [5.41, 5.74) is 2.03. The summed E-state index contributed by atoms with van der Waals surface area (Å²) >= 11 is 0. The minimum atomic E-state index is -0.0194. The third kappa shape index (κ3) is 3.12. The molecule has 0 radical (unpaired) electrons. The summed E-state index contributed by atoms with van der Waals surface area (Å²) in [7, 11) is 1.72. The number of amides is 1. The molecule has 0 aliphatic heterocycles. The second kappa shape index (κ2) is 5.85. The van der Waals surface area contributed by atoms with Gasteiger partial charge in [0.25, 0.3) is 0 Å². The maximum atomic E-state index is 11.3. The van der Waals surface area contributed by atoms with Crippen LogP contribution in [-0.2, 0) is 4.79 Å². The molecular weight excluding hydrogens is 252 g/mol. The Morgan fingerprint density at radius 2 is 1.95 bits per heavy atom. The van der Waals surface area contributed by atoms with Crippen molar-refractivity contribution in [3.63, 3.8) is 0 Å².